The lowest BCUT2D eigenvalue weighted by atomic mass is 10.1. The van der Waals surface area contributed by atoms with Gasteiger partial charge in [0.15, 0.2) is 0 Å². The molecule has 4 aromatic rings. The standard InChI is InChI=1S/C23H20N4O3/c1-2-27-20-13-8-15(14-19(20)26-22(29)23(27)30)21(28)25-18-11-9-17(10-12-18)24-16-6-4-3-5-7-16/h3-14,24H,2H2,1H3,(H,25,28)(H,26,29). The topological polar surface area (TPSA) is 96.0 Å². The van der Waals surface area contributed by atoms with Gasteiger partial charge < -0.3 is 20.2 Å². The molecule has 0 aliphatic heterocycles. The van der Waals surface area contributed by atoms with Crippen LogP contribution in [0.3, 0.4) is 0 Å². The van der Waals surface area contributed by atoms with Crippen LogP contribution in [0.25, 0.3) is 11.0 Å². The first kappa shape index (κ1) is 19.2. The van der Waals surface area contributed by atoms with E-state index in [1.165, 1.54) is 4.57 Å². The largest absolute Gasteiger partial charge is 0.356 e. The van der Waals surface area contributed by atoms with E-state index in [9.17, 15) is 14.4 Å². The van der Waals surface area contributed by atoms with Crippen molar-refractivity contribution in [1.82, 2.24) is 9.55 Å². The summed E-state index contributed by atoms with van der Waals surface area (Å²) < 4.78 is 1.38. The van der Waals surface area contributed by atoms with Crippen LogP contribution in [-0.4, -0.2) is 15.5 Å². The van der Waals surface area contributed by atoms with E-state index in [0.717, 1.165) is 11.4 Å². The molecular weight excluding hydrogens is 380 g/mol. The molecule has 0 fully saturated rings. The summed E-state index contributed by atoms with van der Waals surface area (Å²) in [5.74, 6) is -0.309. The Morgan fingerprint density at radius 1 is 0.900 bits per heavy atom. The van der Waals surface area contributed by atoms with Crippen molar-refractivity contribution in [3.63, 3.8) is 0 Å². The Morgan fingerprint density at radius 2 is 1.57 bits per heavy atom. The maximum absolute atomic E-state index is 12.7. The summed E-state index contributed by atoms with van der Waals surface area (Å²) in [7, 11) is 0. The van der Waals surface area contributed by atoms with Crippen LogP contribution in [0.1, 0.15) is 17.3 Å². The van der Waals surface area contributed by atoms with Crippen molar-refractivity contribution < 1.29 is 4.79 Å². The highest BCUT2D eigenvalue weighted by atomic mass is 16.2. The molecule has 0 bridgehead atoms. The average Bonchev–Trinajstić information content (AvgIpc) is 2.76. The normalized spacial score (nSPS) is 10.7. The summed E-state index contributed by atoms with van der Waals surface area (Å²) in [5, 5.41) is 6.12. The third-order valence-electron chi connectivity index (χ3n) is 4.76. The molecule has 0 unspecified atom stereocenters. The Labute approximate surface area is 172 Å². The smallest absolute Gasteiger partial charge is 0.316 e. The number of aromatic nitrogens is 2. The minimum absolute atomic E-state index is 0.309. The molecule has 3 N–H and O–H groups in total. The van der Waals surface area contributed by atoms with E-state index in [4.69, 9.17) is 0 Å². The van der Waals surface area contributed by atoms with Crippen LogP contribution in [0.5, 0.6) is 0 Å². The number of rotatable bonds is 5. The van der Waals surface area contributed by atoms with Gasteiger partial charge in [-0.3, -0.25) is 14.4 Å². The monoisotopic (exact) mass is 400 g/mol. The molecule has 3 aromatic carbocycles. The molecule has 1 heterocycles. The molecular formula is C23H20N4O3. The first-order chi connectivity index (χ1) is 14.5. The maximum atomic E-state index is 12.7. The molecule has 7 nitrogen and oxygen atoms in total. The number of nitrogens with one attached hydrogen (secondary N) is 3. The van der Waals surface area contributed by atoms with Gasteiger partial charge in [0.05, 0.1) is 11.0 Å². The Kier molecular flexibility index (Phi) is 5.17. The van der Waals surface area contributed by atoms with Gasteiger partial charge in [-0.25, -0.2) is 0 Å². The van der Waals surface area contributed by atoms with E-state index in [-0.39, 0.29) is 5.91 Å². The molecule has 0 spiro atoms. The number of nitrogens with zero attached hydrogens (tertiary/aromatic N) is 1. The first-order valence-corrected chi connectivity index (χ1v) is 9.55. The summed E-state index contributed by atoms with van der Waals surface area (Å²) >= 11 is 0. The molecule has 0 aliphatic rings. The number of hydrogen-bond acceptors (Lipinski definition) is 4. The van der Waals surface area contributed by atoms with Gasteiger partial charge in [0, 0.05) is 29.2 Å². The summed E-state index contributed by atoms with van der Waals surface area (Å²) in [5.41, 5.74) is 2.61. The zero-order valence-electron chi connectivity index (χ0n) is 16.3. The number of H-pyrrole nitrogens is 1. The van der Waals surface area contributed by atoms with Crippen molar-refractivity contribution in [2.45, 2.75) is 13.5 Å². The molecule has 0 aliphatic carbocycles. The molecule has 1 aromatic heterocycles. The number of fused-ring (bicyclic) bond motifs is 1. The van der Waals surface area contributed by atoms with Crippen molar-refractivity contribution in [3.8, 4) is 0 Å². The Balaban J connectivity index is 1.53. The van der Waals surface area contributed by atoms with E-state index >= 15 is 0 Å². The van der Waals surface area contributed by atoms with E-state index in [1.807, 2.05) is 42.5 Å². The average molecular weight is 400 g/mol. The van der Waals surface area contributed by atoms with Crippen LogP contribution in [0.15, 0.2) is 82.4 Å². The van der Waals surface area contributed by atoms with Crippen LogP contribution in [0.4, 0.5) is 17.1 Å². The zero-order chi connectivity index (χ0) is 21.1. The summed E-state index contributed by atoms with van der Waals surface area (Å²) in [6.45, 7) is 2.16. The summed E-state index contributed by atoms with van der Waals surface area (Å²) in [6.07, 6.45) is 0. The van der Waals surface area contributed by atoms with E-state index in [1.54, 1.807) is 37.3 Å². The number of carbonyl (C=O) groups excluding carboxylic acids is 1. The van der Waals surface area contributed by atoms with Crippen LogP contribution < -0.4 is 21.8 Å². The fourth-order valence-corrected chi connectivity index (χ4v) is 3.26. The van der Waals surface area contributed by atoms with Crippen LogP contribution >= 0.6 is 0 Å². The Morgan fingerprint density at radius 3 is 2.27 bits per heavy atom. The highest BCUT2D eigenvalue weighted by Gasteiger charge is 2.11. The molecule has 4 rings (SSSR count). The Bertz CT molecular complexity index is 1320. The molecule has 1 amide bonds. The lowest BCUT2D eigenvalue weighted by Crippen LogP contribution is -2.36. The molecule has 0 saturated carbocycles. The number of carbonyl (C=O) groups is 1. The van der Waals surface area contributed by atoms with Gasteiger partial charge in [0.2, 0.25) is 0 Å². The second-order valence-electron chi connectivity index (χ2n) is 6.76. The van der Waals surface area contributed by atoms with Gasteiger partial charge in [-0.05, 0) is 61.5 Å². The van der Waals surface area contributed by atoms with Gasteiger partial charge in [0.1, 0.15) is 0 Å². The quantitative estimate of drug-likeness (QED) is 0.445. The van der Waals surface area contributed by atoms with Crippen LogP contribution in [0, 0.1) is 0 Å². The number of amides is 1. The number of aryl methyl sites for hydroxylation is 1. The Hall–Kier alpha value is -4.13. The molecule has 0 saturated heterocycles. The van der Waals surface area contributed by atoms with Gasteiger partial charge in [0.25, 0.3) is 5.91 Å². The van der Waals surface area contributed by atoms with Gasteiger partial charge in [-0.2, -0.15) is 0 Å². The molecule has 7 heteroatoms. The number of para-hydroxylation sites is 1. The van der Waals surface area contributed by atoms with Crippen LogP contribution in [0.2, 0.25) is 0 Å². The molecule has 150 valence electrons. The van der Waals surface area contributed by atoms with E-state index < -0.39 is 11.1 Å². The number of aromatic amines is 1. The van der Waals surface area contributed by atoms with Crippen molar-refractivity contribution in [2.75, 3.05) is 10.6 Å². The maximum Gasteiger partial charge on any atom is 0.316 e. The minimum Gasteiger partial charge on any atom is -0.356 e. The SMILES string of the molecule is CCn1c(=O)c(=O)[nH]c2cc(C(=O)Nc3ccc(Nc4ccccc4)cc3)ccc21. The number of anilines is 3. The van der Waals surface area contributed by atoms with Crippen LogP contribution in [-0.2, 0) is 6.54 Å². The lowest BCUT2D eigenvalue weighted by Gasteiger charge is -2.10. The summed E-state index contributed by atoms with van der Waals surface area (Å²) in [6, 6.07) is 22.0. The molecule has 0 radical (unpaired) electrons. The van der Waals surface area contributed by atoms with E-state index in [0.29, 0.717) is 28.8 Å². The fraction of sp³-hybridized carbons (Fsp3) is 0.0870. The second kappa shape index (κ2) is 8.08. The highest BCUT2D eigenvalue weighted by molar-refractivity contribution is 6.06. The third kappa shape index (κ3) is 3.86. The van der Waals surface area contributed by atoms with Crippen molar-refractivity contribution >= 4 is 34.0 Å². The van der Waals surface area contributed by atoms with Gasteiger partial charge in [-0.15, -0.1) is 0 Å². The summed E-state index contributed by atoms with van der Waals surface area (Å²) in [4.78, 5) is 39.0. The predicted octanol–water partition coefficient (Wildman–Crippen LogP) is 3.71. The predicted molar refractivity (Wildman–Crippen MR) is 119 cm³/mol. The minimum atomic E-state index is -0.705. The number of hydrogen-bond donors (Lipinski definition) is 3. The van der Waals surface area contributed by atoms with Crippen molar-refractivity contribution in [2.24, 2.45) is 0 Å². The van der Waals surface area contributed by atoms with Crippen molar-refractivity contribution in [3.05, 3.63) is 99.1 Å². The first-order valence-electron chi connectivity index (χ1n) is 9.55. The second-order valence-corrected chi connectivity index (χ2v) is 6.76. The zero-order valence-corrected chi connectivity index (χ0v) is 16.3. The number of benzene rings is 3. The molecule has 30 heavy (non-hydrogen) atoms. The van der Waals surface area contributed by atoms with Gasteiger partial charge in [-0.1, -0.05) is 18.2 Å². The highest BCUT2D eigenvalue weighted by Crippen LogP contribution is 2.19. The third-order valence-corrected chi connectivity index (χ3v) is 4.76. The van der Waals surface area contributed by atoms with Gasteiger partial charge >= 0.3 is 11.1 Å². The lowest BCUT2D eigenvalue weighted by molar-refractivity contribution is 0.102. The van der Waals surface area contributed by atoms with E-state index in [2.05, 4.69) is 15.6 Å². The fourth-order valence-electron chi connectivity index (χ4n) is 3.26. The van der Waals surface area contributed by atoms with Crippen molar-refractivity contribution in [1.29, 1.82) is 0 Å². The molecule has 0 atom stereocenters.